The first-order chi connectivity index (χ1) is 14.2. The van der Waals surface area contributed by atoms with Crippen LogP contribution in [0.4, 0.5) is 0 Å². The number of piperidine rings is 1. The van der Waals surface area contributed by atoms with E-state index in [9.17, 15) is 4.79 Å². The second-order valence-electron chi connectivity index (χ2n) is 8.30. The minimum absolute atomic E-state index is 0.109. The van der Waals surface area contributed by atoms with Gasteiger partial charge in [-0.25, -0.2) is 0 Å². The lowest BCUT2D eigenvalue weighted by Gasteiger charge is -2.32. The Bertz CT molecular complexity index is 841. The molecule has 4 nitrogen and oxygen atoms in total. The molecule has 1 fully saturated rings. The van der Waals surface area contributed by atoms with Crippen LogP contribution in [0.3, 0.4) is 0 Å². The molecule has 2 aromatic rings. The van der Waals surface area contributed by atoms with E-state index in [1.165, 1.54) is 18.4 Å². The average molecular weight is 394 g/mol. The number of methoxy groups -OCH3 is 1. The summed E-state index contributed by atoms with van der Waals surface area (Å²) in [5.74, 6) is 2.44. The van der Waals surface area contributed by atoms with Gasteiger partial charge in [0.1, 0.15) is 0 Å². The number of Topliss-reactive ketones (excluding diaryl/α,β-unsaturated/α-hetero) is 1. The highest BCUT2D eigenvalue weighted by Gasteiger charge is 2.34. The van der Waals surface area contributed by atoms with Gasteiger partial charge in [0, 0.05) is 18.0 Å². The first-order valence-corrected chi connectivity index (χ1v) is 10.8. The molecule has 1 saturated heterocycles. The van der Waals surface area contributed by atoms with Crippen LogP contribution in [0.5, 0.6) is 11.5 Å². The predicted molar refractivity (Wildman–Crippen MR) is 115 cm³/mol. The number of rotatable bonds is 7. The highest BCUT2D eigenvalue weighted by Crippen LogP contribution is 2.39. The third-order valence-electron chi connectivity index (χ3n) is 6.37. The van der Waals surface area contributed by atoms with Gasteiger partial charge in [-0.3, -0.25) is 9.69 Å². The van der Waals surface area contributed by atoms with E-state index >= 15 is 0 Å². The Morgan fingerprint density at radius 1 is 1.07 bits per heavy atom. The number of nitrogens with zero attached hydrogens (tertiary/aromatic N) is 1. The fourth-order valence-corrected chi connectivity index (χ4v) is 4.82. The molecule has 0 N–H and O–H groups in total. The number of ketones is 1. The maximum atomic E-state index is 13.0. The number of fused-ring (bicyclic) bond motifs is 1. The zero-order valence-electron chi connectivity index (χ0n) is 17.5. The molecule has 1 unspecified atom stereocenters. The maximum Gasteiger partial charge on any atom is 0.166 e. The van der Waals surface area contributed by atoms with Gasteiger partial charge in [0.2, 0.25) is 0 Å². The van der Waals surface area contributed by atoms with Crippen LogP contribution in [-0.2, 0) is 13.0 Å². The van der Waals surface area contributed by atoms with Gasteiger partial charge in [-0.15, -0.1) is 0 Å². The topological polar surface area (TPSA) is 38.8 Å². The third-order valence-corrected chi connectivity index (χ3v) is 6.37. The van der Waals surface area contributed by atoms with E-state index in [-0.39, 0.29) is 11.7 Å². The molecule has 1 heterocycles. The standard InChI is InChI=1S/C25H31NO3/c1-3-29-24-16-22-20(15-23(24)28-2)14-21(25(22)27)13-18-9-11-26(12-10-18)17-19-7-5-4-6-8-19/h4-8,15-16,18,21H,3,9-14,17H2,1-2H3. The molecule has 1 aliphatic heterocycles. The SMILES string of the molecule is CCOc1cc2c(cc1OC)CC(CC1CCN(Cc3ccccc3)CC1)C2=O. The molecule has 0 bridgehead atoms. The Morgan fingerprint density at radius 2 is 1.83 bits per heavy atom. The normalized spacial score (nSPS) is 19.9. The number of benzene rings is 2. The van der Waals surface area contributed by atoms with Crippen molar-refractivity contribution in [3.8, 4) is 11.5 Å². The second kappa shape index (κ2) is 9.00. The summed E-state index contributed by atoms with van der Waals surface area (Å²) >= 11 is 0. The van der Waals surface area contributed by atoms with Crippen molar-refractivity contribution in [2.75, 3.05) is 26.8 Å². The fourth-order valence-electron chi connectivity index (χ4n) is 4.82. The van der Waals surface area contributed by atoms with Crippen LogP contribution in [-0.4, -0.2) is 37.5 Å². The van der Waals surface area contributed by atoms with Crippen LogP contribution >= 0.6 is 0 Å². The summed E-state index contributed by atoms with van der Waals surface area (Å²) in [5, 5.41) is 0. The van der Waals surface area contributed by atoms with Crippen LogP contribution < -0.4 is 9.47 Å². The summed E-state index contributed by atoms with van der Waals surface area (Å²) < 4.78 is 11.1. The highest BCUT2D eigenvalue weighted by molar-refractivity contribution is 6.02. The molecular formula is C25H31NO3. The lowest BCUT2D eigenvalue weighted by molar-refractivity contribution is 0.0895. The molecule has 2 aliphatic rings. The Balaban J connectivity index is 1.34. The van der Waals surface area contributed by atoms with Crippen LogP contribution in [0, 0.1) is 11.8 Å². The van der Waals surface area contributed by atoms with Gasteiger partial charge in [0.25, 0.3) is 0 Å². The van der Waals surface area contributed by atoms with E-state index in [1.54, 1.807) is 7.11 Å². The van der Waals surface area contributed by atoms with Crippen molar-refractivity contribution in [2.24, 2.45) is 11.8 Å². The largest absolute Gasteiger partial charge is 0.493 e. The number of likely N-dealkylation sites (tertiary alicyclic amines) is 1. The summed E-state index contributed by atoms with van der Waals surface area (Å²) in [4.78, 5) is 15.6. The van der Waals surface area contributed by atoms with Crippen LogP contribution in [0.15, 0.2) is 42.5 Å². The summed E-state index contributed by atoms with van der Waals surface area (Å²) in [6, 6.07) is 14.6. The highest BCUT2D eigenvalue weighted by atomic mass is 16.5. The number of hydrogen-bond acceptors (Lipinski definition) is 4. The van der Waals surface area contributed by atoms with Crippen molar-refractivity contribution in [2.45, 2.75) is 39.2 Å². The van der Waals surface area contributed by atoms with E-state index < -0.39 is 0 Å². The first-order valence-electron chi connectivity index (χ1n) is 10.8. The summed E-state index contributed by atoms with van der Waals surface area (Å²) in [7, 11) is 1.65. The minimum Gasteiger partial charge on any atom is -0.493 e. The van der Waals surface area contributed by atoms with Gasteiger partial charge in [-0.05, 0) is 74.9 Å². The Hall–Kier alpha value is -2.33. The van der Waals surface area contributed by atoms with E-state index in [0.29, 0.717) is 18.3 Å². The molecule has 1 atom stereocenters. The molecule has 154 valence electrons. The molecule has 0 spiro atoms. The lowest BCUT2D eigenvalue weighted by atomic mass is 9.85. The van der Waals surface area contributed by atoms with Crippen molar-refractivity contribution in [3.63, 3.8) is 0 Å². The van der Waals surface area contributed by atoms with Crippen LogP contribution in [0.1, 0.15) is 47.7 Å². The number of ether oxygens (including phenoxy) is 2. The molecule has 0 saturated carbocycles. The molecule has 1 aliphatic carbocycles. The maximum absolute atomic E-state index is 13.0. The van der Waals surface area contributed by atoms with E-state index in [1.807, 2.05) is 19.1 Å². The van der Waals surface area contributed by atoms with Gasteiger partial charge in [-0.1, -0.05) is 30.3 Å². The van der Waals surface area contributed by atoms with Crippen molar-refractivity contribution in [1.82, 2.24) is 4.90 Å². The van der Waals surface area contributed by atoms with E-state index in [2.05, 4.69) is 35.2 Å². The van der Waals surface area contributed by atoms with E-state index in [0.717, 1.165) is 49.4 Å². The van der Waals surface area contributed by atoms with Crippen molar-refractivity contribution < 1.29 is 14.3 Å². The Kier molecular flexibility index (Phi) is 6.19. The first kappa shape index (κ1) is 20.0. The molecule has 29 heavy (non-hydrogen) atoms. The molecule has 0 aromatic heterocycles. The van der Waals surface area contributed by atoms with Gasteiger partial charge in [0.05, 0.1) is 13.7 Å². The van der Waals surface area contributed by atoms with Gasteiger partial charge >= 0.3 is 0 Å². The number of carbonyl (C=O) groups excluding carboxylic acids is 1. The average Bonchev–Trinajstić information content (AvgIpc) is 3.04. The molecule has 2 aromatic carbocycles. The van der Waals surface area contributed by atoms with Crippen molar-refractivity contribution >= 4 is 5.78 Å². The predicted octanol–water partition coefficient (Wildman–Crippen LogP) is 4.75. The van der Waals surface area contributed by atoms with Crippen LogP contribution in [0.25, 0.3) is 0 Å². The molecule has 4 heteroatoms. The summed E-state index contributed by atoms with van der Waals surface area (Å²) in [5.41, 5.74) is 3.33. The Labute approximate surface area is 173 Å². The van der Waals surface area contributed by atoms with Crippen molar-refractivity contribution in [3.05, 3.63) is 59.2 Å². The van der Waals surface area contributed by atoms with Gasteiger partial charge < -0.3 is 9.47 Å². The lowest BCUT2D eigenvalue weighted by Crippen LogP contribution is -2.34. The van der Waals surface area contributed by atoms with Crippen LogP contribution in [0.2, 0.25) is 0 Å². The molecule has 0 radical (unpaired) electrons. The Morgan fingerprint density at radius 3 is 2.52 bits per heavy atom. The van der Waals surface area contributed by atoms with Gasteiger partial charge in [0.15, 0.2) is 17.3 Å². The summed E-state index contributed by atoms with van der Waals surface area (Å²) in [6.07, 6.45) is 4.20. The van der Waals surface area contributed by atoms with E-state index in [4.69, 9.17) is 9.47 Å². The molecule has 0 amide bonds. The fraction of sp³-hybridized carbons (Fsp3) is 0.480. The molecule has 4 rings (SSSR count). The zero-order chi connectivity index (χ0) is 20.2. The smallest absolute Gasteiger partial charge is 0.166 e. The third kappa shape index (κ3) is 4.48. The minimum atomic E-state index is 0.109. The zero-order valence-corrected chi connectivity index (χ0v) is 17.5. The molecular weight excluding hydrogens is 362 g/mol. The van der Waals surface area contributed by atoms with Gasteiger partial charge in [-0.2, -0.15) is 0 Å². The second-order valence-corrected chi connectivity index (χ2v) is 8.30. The van der Waals surface area contributed by atoms with Crippen molar-refractivity contribution in [1.29, 1.82) is 0 Å². The quantitative estimate of drug-likeness (QED) is 0.680. The number of carbonyl (C=O) groups is 1. The summed E-state index contributed by atoms with van der Waals surface area (Å²) in [6.45, 7) is 5.78. The monoisotopic (exact) mass is 393 g/mol. The number of hydrogen-bond donors (Lipinski definition) is 0.